The van der Waals surface area contributed by atoms with Crippen LogP contribution in [0.15, 0.2) is 0 Å². The van der Waals surface area contributed by atoms with E-state index < -0.39 is 11.5 Å². The highest BCUT2D eigenvalue weighted by atomic mass is 16.4. The molecule has 3 aliphatic rings. The first-order valence-corrected chi connectivity index (χ1v) is 7.38. The molecule has 3 fully saturated rings. The van der Waals surface area contributed by atoms with Gasteiger partial charge in [-0.1, -0.05) is 12.8 Å². The van der Waals surface area contributed by atoms with E-state index in [1.807, 2.05) is 0 Å². The molecule has 1 amide bonds. The van der Waals surface area contributed by atoms with E-state index in [0.717, 1.165) is 38.5 Å². The van der Waals surface area contributed by atoms with Crippen molar-refractivity contribution in [3.63, 3.8) is 0 Å². The number of carboxylic acids is 1. The maximum Gasteiger partial charge on any atom is 0.305 e. The lowest BCUT2D eigenvalue weighted by Crippen LogP contribution is -2.51. The molecule has 3 atom stereocenters. The van der Waals surface area contributed by atoms with E-state index in [1.165, 1.54) is 6.42 Å². The second kappa shape index (κ2) is 4.78. The minimum absolute atomic E-state index is 0.0463. The largest absolute Gasteiger partial charge is 0.481 e. The average molecular weight is 266 g/mol. The zero-order chi connectivity index (χ0) is 13.5. The Balaban J connectivity index is 1.65. The highest BCUT2D eigenvalue weighted by Gasteiger charge is 2.45. The van der Waals surface area contributed by atoms with Gasteiger partial charge in [0.05, 0.1) is 17.9 Å². The summed E-state index contributed by atoms with van der Waals surface area (Å²) in [5.41, 5.74) is -0.481. The number of carboxylic acid groups (broad SMARTS) is 1. The lowest BCUT2D eigenvalue weighted by atomic mass is 9.86. The molecule has 106 valence electrons. The number of carbonyl (C=O) groups excluding carboxylic acids is 1. The number of nitrogens with one attached hydrogen (secondary N) is 2. The molecule has 1 saturated carbocycles. The van der Waals surface area contributed by atoms with Gasteiger partial charge < -0.3 is 15.7 Å². The third kappa shape index (κ3) is 2.48. The minimum Gasteiger partial charge on any atom is -0.481 e. The summed E-state index contributed by atoms with van der Waals surface area (Å²) in [4.78, 5) is 23.5. The Bertz CT molecular complexity index is 390. The van der Waals surface area contributed by atoms with Crippen molar-refractivity contribution in [3.8, 4) is 0 Å². The molecule has 2 bridgehead atoms. The average Bonchev–Trinajstić information content (AvgIpc) is 3.03. The van der Waals surface area contributed by atoms with Crippen LogP contribution in [-0.4, -0.2) is 34.6 Å². The summed E-state index contributed by atoms with van der Waals surface area (Å²) in [5.74, 6) is -0.693. The van der Waals surface area contributed by atoms with Crippen LogP contribution < -0.4 is 10.6 Å². The second-order valence-corrected chi connectivity index (χ2v) is 6.44. The number of rotatable bonds is 4. The molecule has 2 aliphatic heterocycles. The Morgan fingerprint density at radius 3 is 2.53 bits per heavy atom. The van der Waals surface area contributed by atoms with Crippen LogP contribution in [0.5, 0.6) is 0 Å². The normalized spacial score (nSPS) is 35.5. The van der Waals surface area contributed by atoms with Crippen LogP contribution in [-0.2, 0) is 9.59 Å². The molecule has 3 N–H and O–H groups in total. The number of aliphatic carboxylic acids is 1. The fourth-order valence-electron chi connectivity index (χ4n) is 4.16. The van der Waals surface area contributed by atoms with Gasteiger partial charge in [0, 0.05) is 12.1 Å². The molecular weight excluding hydrogens is 244 g/mol. The van der Waals surface area contributed by atoms with Gasteiger partial charge in [-0.25, -0.2) is 0 Å². The van der Waals surface area contributed by atoms with Gasteiger partial charge in [-0.05, 0) is 32.1 Å². The first-order chi connectivity index (χ1) is 9.08. The van der Waals surface area contributed by atoms with Crippen molar-refractivity contribution in [2.45, 2.75) is 69.0 Å². The van der Waals surface area contributed by atoms with Crippen molar-refractivity contribution >= 4 is 11.9 Å². The third-order valence-electron chi connectivity index (χ3n) is 5.08. The van der Waals surface area contributed by atoms with Crippen molar-refractivity contribution in [1.82, 2.24) is 10.6 Å². The topological polar surface area (TPSA) is 78.4 Å². The van der Waals surface area contributed by atoms with Crippen molar-refractivity contribution in [3.05, 3.63) is 0 Å². The molecule has 0 aromatic heterocycles. The summed E-state index contributed by atoms with van der Waals surface area (Å²) in [6, 6.07) is 0.813. The van der Waals surface area contributed by atoms with Crippen LogP contribution in [0.2, 0.25) is 0 Å². The first-order valence-electron chi connectivity index (χ1n) is 7.38. The summed E-state index contributed by atoms with van der Waals surface area (Å²) in [7, 11) is 0. The first kappa shape index (κ1) is 12.9. The zero-order valence-electron chi connectivity index (χ0n) is 11.2. The molecular formula is C14H22N2O3. The number of carbonyl (C=O) groups is 2. The van der Waals surface area contributed by atoms with Crippen LogP contribution in [0.25, 0.3) is 0 Å². The van der Waals surface area contributed by atoms with Crippen molar-refractivity contribution in [1.29, 1.82) is 0 Å². The molecule has 0 spiro atoms. The maximum atomic E-state index is 12.4. The molecule has 5 heteroatoms. The Hall–Kier alpha value is -1.10. The molecule has 0 aromatic rings. The van der Waals surface area contributed by atoms with E-state index in [-0.39, 0.29) is 18.2 Å². The van der Waals surface area contributed by atoms with Gasteiger partial charge in [-0.2, -0.15) is 0 Å². The van der Waals surface area contributed by atoms with Gasteiger partial charge in [0.1, 0.15) is 0 Å². The summed E-state index contributed by atoms with van der Waals surface area (Å²) in [6.45, 7) is 0. The van der Waals surface area contributed by atoms with Gasteiger partial charge >= 0.3 is 5.97 Å². The Morgan fingerprint density at radius 1 is 1.26 bits per heavy atom. The highest BCUT2D eigenvalue weighted by molar-refractivity contribution is 5.82. The van der Waals surface area contributed by atoms with Crippen LogP contribution in [0.1, 0.15) is 51.4 Å². The van der Waals surface area contributed by atoms with Crippen molar-refractivity contribution in [2.24, 2.45) is 5.92 Å². The van der Waals surface area contributed by atoms with Crippen molar-refractivity contribution < 1.29 is 14.7 Å². The van der Waals surface area contributed by atoms with Crippen LogP contribution in [0, 0.1) is 5.92 Å². The summed E-state index contributed by atoms with van der Waals surface area (Å²) in [5, 5.41) is 15.6. The van der Waals surface area contributed by atoms with E-state index in [0.29, 0.717) is 12.1 Å². The number of fused-ring (bicyclic) bond motifs is 2. The minimum atomic E-state index is -0.812. The SMILES string of the molecule is O=C(O)CC1(NC(=O)C2CC3CCC2N3)CCCC1. The third-order valence-corrected chi connectivity index (χ3v) is 5.08. The molecule has 5 nitrogen and oxygen atoms in total. The lowest BCUT2D eigenvalue weighted by molar-refractivity contribution is -0.139. The molecule has 0 aromatic carbocycles. The Labute approximate surface area is 113 Å². The molecule has 1 aliphatic carbocycles. The van der Waals surface area contributed by atoms with E-state index in [9.17, 15) is 9.59 Å². The number of amides is 1. The standard InChI is InChI=1S/C14H22N2O3/c17-12(18)8-14(5-1-2-6-14)16-13(19)10-7-9-3-4-11(10)15-9/h9-11,15H,1-8H2,(H,16,19)(H,17,18). The van der Waals surface area contributed by atoms with Crippen LogP contribution in [0.3, 0.4) is 0 Å². The van der Waals surface area contributed by atoms with Crippen LogP contribution in [0.4, 0.5) is 0 Å². The summed E-state index contributed by atoms with van der Waals surface area (Å²) in [6.07, 6.45) is 6.87. The quantitative estimate of drug-likeness (QED) is 0.710. The summed E-state index contributed by atoms with van der Waals surface area (Å²) < 4.78 is 0. The van der Waals surface area contributed by atoms with Gasteiger partial charge in [0.25, 0.3) is 0 Å². The van der Waals surface area contributed by atoms with Gasteiger partial charge in [-0.15, -0.1) is 0 Å². The monoisotopic (exact) mass is 266 g/mol. The van der Waals surface area contributed by atoms with Crippen molar-refractivity contribution in [2.75, 3.05) is 0 Å². The van der Waals surface area contributed by atoms with E-state index in [4.69, 9.17) is 5.11 Å². The molecule has 2 heterocycles. The fourth-order valence-corrected chi connectivity index (χ4v) is 4.16. The number of hydrogen-bond acceptors (Lipinski definition) is 3. The van der Waals surface area contributed by atoms with Crippen LogP contribution >= 0.6 is 0 Å². The molecule has 0 radical (unpaired) electrons. The predicted molar refractivity (Wildman–Crippen MR) is 69.6 cm³/mol. The van der Waals surface area contributed by atoms with E-state index in [2.05, 4.69) is 10.6 Å². The fraction of sp³-hybridized carbons (Fsp3) is 0.857. The van der Waals surface area contributed by atoms with E-state index >= 15 is 0 Å². The number of hydrogen-bond donors (Lipinski definition) is 3. The smallest absolute Gasteiger partial charge is 0.305 e. The molecule has 19 heavy (non-hydrogen) atoms. The second-order valence-electron chi connectivity index (χ2n) is 6.44. The highest BCUT2D eigenvalue weighted by Crippen LogP contribution is 2.36. The maximum absolute atomic E-state index is 12.4. The molecule has 3 unspecified atom stereocenters. The van der Waals surface area contributed by atoms with Gasteiger partial charge in [-0.3, -0.25) is 9.59 Å². The molecule has 3 rings (SSSR count). The summed E-state index contributed by atoms with van der Waals surface area (Å²) >= 11 is 0. The van der Waals surface area contributed by atoms with Gasteiger partial charge in [0.15, 0.2) is 0 Å². The van der Waals surface area contributed by atoms with E-state index in [1.54, 1.807) is 0 Å². The lowest BCUT2D eigenvalue weighted by Gasteiger charge is -2.31. The molecule has 2 saturated heterocycles. The zero-order valence-corrected chi connectivity index (χ0v) is 11.2. The predicted octanol–water partition coefficient (Wildman–Crippen LogP) is 1.03. The Kier molecular flexibility index (Phi) is 3.25. The van der Waals surface area contributed by atoms with Gasteiger partial charge in [0.2, 0.25) is 5.91 Å². The Morgan fingerprint density at radius 2 is 2.00 bits per heavy atom.